The molecule has 0 saturated carbocycles. The van der Waals surface area contributed by atoms with Crippen LogP contribution in [0.2, 0.25) is 0 Å². The summed E-state index contributed by atoms with van der Waals surface area (Å²) >= 11 is 0. The van der Waals surface area contributed by atoms with E-state index in [1.807, 2.05) is 13.8 Å². The minimum atomic E-state index is -0.0148. The number of ketones is 1. The molecule has 1 heterocycles. The first kappa shape index (κ1) is 23.8. The van der Waals surface area contributed by atoms with E-state index in [9.17, 15) is 9.59 Å². The fourth-order valence-corrected chi connectivity index (χ4v) is 1.39. The molecule has 4 N–H and O–H groups in total. The third-order valence-electron chi connectivity index (χ3n) is 2.76. The van der Waals surface area contributed by atoms with Crippen LogP contribution in [0.1, 0.15) is 52.9 Å². The molecule has 0 radical (unpaired) electrons. The van der Waals surface area contributed by atoms with Crippen LogP contribution in [0.15, 0.2) is 4.99 Å². The van der Waals surface area contributed by atoms with Crippen molar-refractivity contribution in [2.75, 3.05) is 32.8 Å². The third-order valence-corrected chi connectivity index (χ3v) is 2.76. The Morgan fingerprint density at radius 3 is 2.35 bits per heavy atom. The Bertz CT molecular complexity index is 313. The molecule has 7 nitrogen and oxygen atoms in total. The van der Waals surface area contributed by atoms with Crippen LogP contribution in [-0.2, 0) is 14.3 Å². The van der Waals surface area contributed by atoms with Crippen molar-refractivity contribution in [2.24, 2.45) is 10.7 Å². The summed E-state index contributed by atoms with van der Waals surface area (Å²) in [6.07, 6.45) is 3.58. The van der Waals surface area contributed by atoms with Crippen molar-refractivity contribution < 1.29 is 19.4 Å². The van der Waals surface area contributed by atoms with Gasteiger partial charge < -0.3 is 20.9 Å². The topological polar surface area (TPSA) is 114 Å². The first-order chi connectivity index (χ1) is 11.0. The normalized spacial score (nSPS) is 12.0. The lowest BCUT2D eigenvalue weighted by atomic mass is 10.2. The molecule has 0 saturated heterocycles. The highest BCUT2D eigenvalue weighted by Crippen LogP contribution is 1.95. The molecule has 7 heteroatoms. The highest BCUT2D eigenvalue weighted by atomic mass is 16.5. The van der Waals surface area contributed by atoms with Crippen LogP contribution in [0.3, 0.4) is 0 Å². The molecule has 0 aromatic carbocycles. The van der Waals surface area contributed by atoms with E-state index in [0.29, 0.717) is 38.1 Å². The van der Waals surface area contributed by atoms with Gasteiger partial charge in [-0.2, -0.15) is 0 Å². The van der Waals surface area contributed by atoms with E-state index in [1.165, 1.54) is 0 Å². The summed E-state index contributed by atoms with van der Waals surface area (Å²) in [5.41, 5.74) is 5.18. The van der Waals surface area contributed by atoms with Crippen molar-refractivity contribution in [3.05, 3.63) is 0 Å². The van der Waals surface area contributed by atoms with E-state index >= 15 is 0 Å². The molecule has 0 bridgehead atoms. The molecule has 0 fully saturated rings. The van der Waals surface area contributed by atoms with Crippen molar-refractivity contribution >= 4 is 17.6 Å². The second-order valence-electron chi connectivity index (χ2n) is 4.69. The molecule has 136 valence electrons. The van der Waals surface area contributed by atoms with Crippen molar-refractivity contribution in [1.82, 2.24) is 5.32 Å². The fourth-order valence-electron chi connectivity index (χ4n) is 1.39. The highest BCUT2D eigenvalue weighted by molar-refractivity contribution is 5.78. The van der Waals surface area contributed by atoms with Crippen molar-refractivity contribution in [1.29, 1.82) is 0 Å². The minimum Gasteiger partial charge on any atom is -0.479 e. The fraction of sp³-hybridized carbons (Fsp3) is 0.812. The Kier molecular flexibility index (Phi) is 19.2. The summed E-state index contributed by atoms with van der Waals surface area (Å²) in [5, 5.41) is 10.7. The lowest BCUT2D eigenvalue weighted by molar-refractivity contribution is -0.121. The molecule has 0 aromatic heterocycles. The van der Waals surface area contributed by atoms with E-state index in [4.69, 9.17) is 15.6 Å². The average molecular weight is 331 g/mol. The predicted molar refractivity (Wildman–Crippen MR) is 92.5 cm³/mol. The van der Waals surface area contributed by atoms with Crippen LogP contribution in [0.25, 0.3) is 0 Å². The molecule has 0 atom stereocenters. The first-order valence-corrected chi connectivity index (χ1v) is 8.30. The number of rotatable bonds is 8. The van der Waals surface area contributed by atoms with Crippen LogP contribution < -0.4 is 11.1 Å². The zero-order valence-electron chi connectivity index (χ0n) is 14.8. The summed E-state index contributed by atoms with van der Waals surface area (Å²) in [4.78, 5) is 24.9. The summed E-state index contributed by atoms with van der Waals surface area (Å²) < 4.78 is 5.05. The van der Waals surface area contributed by atoms with Crippen LogP contribution in [-0.4, -0.2) is 55.5 Å². The van der Waals surface area contributed by atoms with Gasteiger partial charge in [-0.25, -0.2) is 0 Å². The molecular weight excluding hydrogens is 298 g/mol. The molecule has 0 unspecified atom stereocenters. The Balaban J connectivity index is 0. The average Bonchev–Trinajstić information content (AvgIpc) is 3.12. The van der Waals surface area contributed by atoms with E-state index in [0.717, 1.165) is 31.9 Å². The maximum atomic E-state index is 10.5. The number of aliphatic hydroxyl groups is 1. The molecule has 0 spiro atoms. The number of amides is 1. The number of Topliss-reactive ketones (excluding diaryl/α,β-unsaturated/α-hetero) is 1. The maximum Gasteiger partial charge on any atom is 0.219 e. The van der Waals surface area contributed by atoms with E-state index in [2.05, 4.69) is 10.3 Å². The van der Waals surface area contributed by atoms with Crippen LogP contribution >= 0.6 is 0 Å². The lowest BCUT2D eigenvalue weighted by Crippen LogP contribution is -2.25. The number of aliphatic imine (C=N–C) groups is 1. The molecule has 1 aliphatic rings. The van der Waals surface area contributed by atoms with Crippen molar-refractivity contribution in [3.63, 3.8) is 0 Å². The second-order valence-corrected chi connectivity index (χ2v) is 4.69. The van der Waals surface area contributed by atoms with E-state index in [1.54, 1.807) is 6.92 Å². The monoisotopic (exact) mass is 331 g/mol. The number of carbonyl (C=O) groups excluding carboxylic acids is 2. The Morgan fingerprint density at radius 1 is 1.30 bits per heavy atom. The predicted octanol–water partition coefficient (Wildman–Crippen LogP) is 1.03. The van der Waals surface area contributed by atoms with Crippen molar-refractivity contribution in [3.8, 4) is 0 Å². The minimum absolute atomic E-state index is 0.0148. The van der Waals surface area contributed by atoms with Crippen molar-refractivity contribution in [2.45, 2.75) is 52.9 Å². The first-order valence-electron chi connectivity index (χ1n) is 8.30. The van der Waals surface area contributed by atoms with Gasteiger partial charge in [-0.1, -0.05) is 20.8 Å². The lowest BCUT2D eigenvalue weighted by Gasteiger charge is -1.96. The van der Waals surface area contributed by atoms with Crippen LogP contribution in [0.5, 0.6) is 0 Å². The smallest absolute Gasteiger partial charge is 0.219 e. The van der Waals surface area contributed by atoms with Gasteiger partial charge in [0.1, 0.15) is 12.4 Å². The summed E-state index contributed by atoms with van der Waals surface area (Å²) in [6, 6.07) is 0. The summed E-state index contributed by atoms with van der Waals surface area (Å²) in [5.74, 6) is 1.22. The molecule has 0 aliphatic carbocycles. The largest absolute Gasteiger partial charge is 0.479 e. The maximum absolute atomic E-state index is 10.5. The van der Waals surface area contributed by atoms with E-state index in [-0.39, 0.29) is 12.5 Å². The number of hydrogen-bond donors (Lipinski definition) is 3. The molecule has 0 aromatic rings. The van der Waals surface area contributed by atoms with Gasteiger partial charge in [-0.05, 0) is 13.0 Å². The molecule has 1 rings (SSSR count). The molecule has 1 aliphatic heterocycles. The van der Waals surface area contributed by atoms with Gasteiger partial charge in [0.05, 0.1) is 13.2 Å². The van der Waals surface area contributed by atoms with Gasteiger partial charge in [-0.3, -0.25) is 14.6 Å². The standard InChI is InChI=1S/C6H13NO.C5H11NO2.C5H9NO/c1-2-6(8)4-3-5-7;1-2-5(8)6-3-4-7;1-2-5-6-3-4-7-5/h2-5,7H2,1H3;7H,2-4H2,1H3,(H,6,8);2-4H2,1H3. The van der Waals surface area contributed by atoms with Gasteiger partial charge in [-0.15, -0.1) is 0 Å². The molecule has 23 heavy (non-hydrogen) atoms. The van der Waals surface area contributed by atoms with Gasteiger partial charge >= 0.3 is 0 Å². The Morgan fingerprint density at radius 2 is 2.00 bits per heavy atom. The van der Waals surface area contributed by atoms with Crippen LogP contribution in [0.4, 0.5) is 0 Å². The number of nitrogens with one attached hydrogen (secondary N) is 1. The highest BCUT2D eigenvalue weighted by Gasteiger charge is 2.01. The quantitative estimate of drug-likeness (QED) is 0.615. The van der Waals surface area contributed by atoms with Gasteiger partial charge in [0.15, 0.2) is 5.90 Å². The van der Waals surface area contributed by atoms with Gasteiger partial charge in [0.2, 0.25) is 5.91 Å². The summed E-state index contributed by atoms with van der Waals surface area (Å²) in [6.45, 7) is 8.37. The third kappa shape index (κ3) is 18.5. The summed E-state index contributed by atoms with van der Waals surface area (Å²) in [7, 11) is 0. The zero-order valence-corrected chi connectivity index (χ0v) is 14.8. The van der Waals surface area contributed by atoms with Gasteiger partial charge in [0, 0.05) is 32.2 Å². The number of hydrogen-bond acceptors (Lipinski definition) is 6. The van der Waals surface area contributed by atoms with E-state index < -0.39 is 0 Å². The number of ether oxygens (including phenoxy) is 1. The number of aliphatic hydroxyl groups excluding tert-OH is 1. The second kappa shape index (κ2) is 18.6. The number of nitrogens with zero attached hydrogens (tertiary/aromatic N) is 1. The van der Waals surface area contributed by atoms with Crippen LogP contribution in [0, 0.1) is 0 Å². The number of nitrogens with two attached hydrogens (primary N) is 1. The van der Waals surface area contributed by atoms with Gasteiger partial charge in [0.25, 0.3) is 0 Å². The Hall–Kier alpha value is -1.47. The number of carbonyl (C=O) groups is 2. The molecular formula is C16H33N3O4. The SMILES string of the molecule is CCC(=O)CCCN.CCC(=O)NCCO.CCC1=NCCO1. The zero-order chi connectivity index (χ0) is 17.9. The Labute approximate surface area is 139 Å². The molecule has 1 amide bonds.